The number of hydrogen-bond acceptors (Lipinski definition) is 2. The third-order valence-corrected chi connectivity index (χ3v) is 2.95. The largest absolute Gasteiger partial charge is 0.348 e. The summed E-state index contributed by atoms with van der Waals surface area (Å²) in [6, 6.07) is 3.58. The summed E-state index contributed by atoms with van der Waals surface area (Å²) < 4.78 is 0. The van der Waals surface area contributed by atoms with Crippen LogP contribution in [0.2, 0.25) is 5.02 Å². The molecule has 80 valence electrons. The summed E-state index contributed by atoms with van der Waals surface area (Å²) in [5, 5.41) is 3.48. The van der Waals surface area contributed by atoms with E-state index in [1.807, 2.05) is 0 Å². The predicted octanol–water partition coefficient (Wildman–Crippen LogP) is 2.26. The van der Waals surface area contributed by atoms with Crippen LogP contribution in [0.4, 0.5) is 0 Å². The molecule has 1 aromatic rings. The van der Waals surface area contributed by atoms with E-state index in [1.54, 1.807) is 18.3 Å². The molecule has 2 atom stereocenters. The number of pyridine rings is 1. The van der Waals surface area contributed by atoms with Crippen LogP contribution in [0.3, 0.4) is 0 Å². The summed E-state index contributed by atoms with van der Waals surface area (Å²) in [7, 11) is 0. The van der Waals surface area contributed by atoms with Crippen LogP contribution in [-0.2, 0) is 0 Å². The van der Waals surface area contributed by atoms with Gasteiger partial charge in [0.2, 0.25) is 0 Å². The minimum Gasteiger partial charge on any atom is -0.348 e. The zero-order chi connectivity index (χ0) is 10.8. The summed E-state index contributed by atoms with van der Waals surface area (Å²) in [5.74, 6) is 0.520. The first-order valence-corrected chi connectivity index (χ1v) is 5.51. The first-order chi connectivity index (χ1) is 7.20. The van der Waals surface area contributed by atoms with E-state index >= 15 is 0 Å². The lowest BCUT2D eigenvalue weighted by Crippen LogP contribution is -2.27. The molecule has 2 rings (SSSR count). The average Bonchev–Trinajstić information content (AvgIpc) is 2.96. The van der Waals surface area contributed by atoms with E-state index in [2.05, 4.69) is 17.2 Å². The number of aromatic nitrogens is 1. The normalized spacial score (nSPS) is 23.6. The second-order valence-corrected chi connectivity index (χ2v) is 4.28. The molecule has 1 aromatic heterocycles. The molecule has 1 N–H and O–H groups in total. The van der Waals surface area contributed by atoms with E-state index in [4.69, 9.17) is 11.6 Å². The fourth-order valence-corrected chi connectivity index (χ4v) is 1.81. The summed E-state index contributed by atoms with van der Waals surface area (Å²) in [6.07, 6.45) is 3.75. The van der Waals surface area contributed by atoms with E-state index in [9.17, 15) is 4.79 Å². The molecule has 0 bridgehead atoms. The molecular formula is C11H13ClN2O. The lowest BCUT2D eigenvalue weighted by molar-refractivity contribution is 0.0944. The summed E-state index contributed by atoms with van der Waals surface area (Å²) >= 11 is 5.78. The number of carbonyl (C=O) groups excluding carboxylic acids is 1. The highest BCUT2D eigenvalue weighted by Crippen LogP contribution is 2.33. The van der Waals surface area contributed by atoms with E-state index < -0.39 is 0 Å². The zero-order valence-electron chi connectivity index (χ0n) is 8.53. The van der Waals surface area contributed by atoms with Gasteiger partial charge in [0.05, 0.1) is 0 Å². The molecule has 0 aromatic carbocycles. The monoisotopic (exact) mass is 224 g/mol. The zero-order valence-corrected chi connectivity index (χ0v) is 9.29. The molecule has 1 aliphatic carbocycles. The van der Waals surface area contributed by atoms with Crippen molar-refractivity contribution in [3.8, 4) is 0 Å². The van der Waals surface area contributed by atoms with Crippen LogP contribution in [0.25, 0.3) is 0 Å². The maximum atomic E-state index is 11.7. The van der Waals surface area contributed by atoms with Gasteiger partial charge in [-0.1, -0.05) is 24.9 Å². The molecule has 1 amide bonds. The summed E-state index contributed by atoms with van der Waals surface area (Å²) in [4.78, 5) is 15.7. The quantitative estimate of drug-likeness (QED) is 0.856. The molecule has 3 nitrogen and oxygen atoms in total. The van der Waals surface area contributed by atoms with Crippen molar-refractivity contribution in [2.24, 2.45) is 5.92 Å². The molecule has 1 fully saturated rings. The highest BCUT2D eigenvalue weighted by Gasteiger charge is 2.36. The Labute approximate surface area is 93.8 Å². The maximum absolute atomic E-state index is 11.7. The standard InChI is InChI=1S/C11H13ClN2O/c1-2-7-5-9(7)14-11(15)10-6-8(12)3-4-13-10/h3-4,6-7,9H,2,5H2,1H3,(H,14,15). The molecule has 1 heterocycles. The minimum atomic E-state index is -0.126. The molecule has 0 radical (unpaired) electrons. The van der Waals surface area contributed by atoms with Crippen molar-refractivity contribution < 1.29 is 4.79 Å². The van der Waals surface area contributed by atoms with Gasteiger partial charge in [-0.05, 0) is 24.5 Å². The lowest BCUT2D eigenvalue weighted by atomic mass is 10.3. The molecule has 0 aliphatic heterocycles. The Hall–Kier alpha value is -1.09. The van der Waals surface area contributed by atoms with Gasteiger partial charge >= 0.3 is 0 Å². The highest BCUT2D eigenvalue weighted by molar-refractivity contribution is 6.30. The van der Waals surface area contributed by atoms with Crippen LogP contribution in [0, 0.1) is 5.92 Å². The van der Waals surface area contributed by atoms with Crippen LogP contribution in [-0.4, -0.2) is 16.9 Å². The van der Waals surface area contributed by atoms with Crippen LogP contribution in [0.1, 0.15) is 30.3 Å². The van der Waals surface area contributed by atoms with Gasteiger partial charge in [0.1, 0.15) is 5.69 Å². The second kappa shape index (κ2) is 4.19. The molecule has 2 unspecified atom stereocenters. The van der Waals surface area contributed by atoms with Crippen LogP contribution in [0.5, 0.6) is 0 Å². The van der Waals surface area contributed by atoms with Gasteiger partial charge in [-0.25, -0.2) is 0 Å². The SMILES string of the molecule is CCC1CC1NC(=O)c1cc(Cl)ccn1. The average molecular weight is 225 g/mol. The highest BCUT2D eigenvalue weighted by atomic mass is 35.5. The Morgan fingerprint density at radius 1 is 1.73 bits per heavy atom. The number of nitrogens with one attached hydrogen (secondary N) is 1. The Bertz CT molecular complexity index is 381. The Balaban J connectivity index is 1.97. The molecule has 1 saturated carbocycles. The number of amides is 1. The van der Waals surface area contributed by atoms with Gasteiger partial charge in [-0.3, -0.25) is 9.78 Å². The minimum absolute atomic E-state index is 0.126. The van der Waals surface area contributed by atoms with E-state index in [0.29, 0.717) is 22.7 Å². The topological polar surface area (TPSA) is 42.0 Å². The molecule has 0 spiro atoms. The smallest absolute Gasteiger partial charge is 0.270 e. The Morgan fingerprint density at radius 2 is 2.53 bits per heavy atom. The molecule has 15 heavy (non-hydrogen) atoms. The number of carbonyl (C=O) groups is 1. The summed E-state index contributed by atoms with van der Waals surface area (Å²) in [6.45, 7) is 2.13. The fourth-order valence-electron chi connectivity index (χ4n) is 1.65. The predicted molar refractivity (Wildman–Crippen MR) is 58.9 cm³/mol. The molecule has 1 aliphatic rings. The van der Waals surface area contributed by atoms with Crippen molar-refractivity contribution in [2.75, 3.05) is 0 Å². The van der Waals surface area contributed by atoms with Crippen molar-refractivity contribution in [3.63, 3.8) is 0 Å². The number of halogens is 1. The van der Waals surface area contributed by atoms with Crippen LogP contribution < -0.4 is 5.32 Å². The summed E-state index contributed by atoms with van der Waals surface area (Å²) in [5.41, 5.74) is 0.393. The number of rotatable bonds is 3. The van der Waals surface area contributed by atoms with Crippen LogP contribution >= 0.6 is 11.6 Å². The number of hydrogen-bond donors (Lipinski definition) is 1. The van der Waals surface area contributed by atoms with Gasteiger partial charge < -0.3 is 5.32 Å². The van der Waals surface area contributed by atoms with Gasteiger partial charge in [-0.15, -0.1) is 0 Å². The van der Waals surface area contributed by atoms with Gasteiger partial charge in [0.15, 0.2) is 0 Å². The third kappa shape index (κ3) is 2.48. The van der Waals surface area contributed by atoms with E-state index in [1.165, 1.54) is 0 Å². The third-order valence-electron chi connectivity index (χ3n) is 2.72. The molecular weight excluding hydrogens is 212 g/mol. The second-order valence-electron chi connectivity index (χ2n) is 3.84. The van der Waals surface area contributed by atoms with Gasteiger partial charge in [-0.2, -0.15) is 0 Å². The van der Waals surface area contributed by atoms with Crippen molar-refractivity contribution in [2.45, 2.75) is 25.8 Å². The van der Waals surface area contributed by atoms with Crippen LogP contribution in [0.15, 0.2) is 18.3 Å². The van der Waals surface area contributed by atoms with Crippen molar-refractivity contribution in [1.82, 2.24) is 10.3 Å². The number of nitrogens with zero attached hydrogens (tertiary/aromatic N) is 1. The molecule has 4 heteroatoms. The Morgan fingerprint density at radius 3 is 3.13 bits per heavy atom. The molecule has 0 saturated heterocycles. The Kier molecular flexibility index (Phi) is 2.91. The van der Waals surface area contributed by atoms with E-state index in [0.717, 1.165) is 12.8 Å². The lowest BCUT2D eigenvalue weighted by Gasteiger charge is -2.03. The van der Waals surface area contributed by atoms with Crippen molar-refractivity contribution >= 4 is 17.5 Å². The van der Waals surface area contributed by atoms with E-state index in [-0.39, 0.29) is 5.91 Å². The maximum Gasteiger partial charge on any atom is 0.270 e. The van der Waals surface area contributed by atoms with Crippen molar-refractivity contribution in [3.05, 3.63) is 29.0 Å². The van der Waals surface area contributed by atoms with Crippen molar-refractivity contribution in [1.29, 1.82) is 0 Å². The first-order valence-electron chi connectivity index (χ1n) is 5.13. The fraction of sp³-hybridized carbons (Fsp3) is 0.455. The first kappa shape index (κ1) is 10.4. The van der Waals surface area contributed by atoms with Gasteiger partial charge in [0, 0.05) is 17.3 Å². The van der Waals surface area contributed by atoms with Gasteiger partial charge in [0.25, 0.3) is 5.91 Å².